The van der Waals surface area contributed by atoms with E-state index in [1.807, 2.05) is 0 Å². The highest BCUT2D eigenvalue weighted by Gasteiger charge is 2.21. The molecule has 4 heteroatoms. The molecule has 0 aliphatic carbocycles. The molecule has 4 nitrogen and oxygen atoms in total. The van der Waals surface area contributed by atoms with E-state index >= 15 is 0 Å². The average Bonchev–Trinajstić information content (AvgIpc) is 2.18. The lowest BCUT2D eigenvalue weighted by molar-refractivity contribution is -0.124. The minimum Gasteiger partial charge on any atom is -0.377 e. The second kappa shape index (κ2) is 6.20. The summed E-state index contributed by atoms with van der Waals surface area (Å²) in [5, 5.41) is 0. The number of methoxy groups -OCH3 is 1. The standard InChI is InChI=1S/C11H22N2O2/c1-12(2)10-4-6-13(7-5-10)8-11(14)9-15-3/h10H,4-9H2,1-3H3. The van der Waals surface area contributed by atoms with Crippen LogP contribution < -0.4 is 0 Å². The number of rotatable bonds is 5. The zero-order chi connectivity index (χ0) is 11.3. The number of ketones is 1. The lowest BCUT2D eigenvalue weighted by atomic mass is 10.0. The van der Waals surface area contributed by atoms with Crippen molar-refractivity contribution in [3.8, 4) is 0 Å². The van der Waals surface area contributed by atoms with Crippen LogP contribution >= 0.6 is 0 Å². The number of likely N-dealkylation sites (tertiary alicyclic amines) is 1. The van der Waals surface area contributed by atoms with Crippen LogP contribution in [0.2, 0.25) is 0 Å². The summed E-state index contributed by atoms with van der Waals surface area (Å²) in [6.45, 7) is 2.85. The summed E-state index contributed by atoms with van der Waals surface area (Å²) in [7, 11) is 5.81. The molecule has 1 saturated heterocycles. The van der Waals surface area contributed by atoms with Gasteiger partial charge in [-0.05, 0) is 26.9 Å². The minimum absolute atomic E-state index is 0.181. The highest BCUT2D eigenvalue weighted by Crippen LogP contribution is 2.13. The van der Waals surface area contributed by atoms with E-state index in [1.165, 1.54) is 0 Å². The maximum atomic E-state index is 11.3. The van der Waals surface area contributed by atoms with Crippen molar-refractivity contribution < 1.29 is 9.53 Å². The first-order valence-electron chi connectivity index (χ1n) is 5.53. The van der Waals surface area contributed by atoms with Crippen molar-refractivity contribution in [3.05, 3.63) is 0 Å². The fourth-order valence-electron chi connectivity index (χ4n) is 2.05. The van der Waals surface area contributed by atoms with E-state index in [4.69, 9.17) is 4.74 Å². The van der Waals surface area contributed by atoms with Crippen LogP contribution in [0.3, 0.4) is 0 Å². The topological polar surface area (TPSA) is 32.8 Å². The number of ether oxygens (including phenoxy) is 1. The van der Waals surface area contributed by atoms with Crippen LogP contribution in [-0.4, -0.2) is 69.1 Å². The smallest absolute Gasteiger partial charge is 0.172 e. The molecule has 1 rings (SSSR count). The van der Waals surface area contributed by atoms with Gasteiger partial charge in [-0.2, -0.15) is 0 Å². The summed E-state index contributed by atoms with van der Waals surface area (Å²) in [4.78, 5) is 15.8. The molecule has 1 aliphatic heterocycles. The molecule has 0 aromatic carbocycles. The molecule has 1 heterocycles. The van der Waals surface area contributed by atoms with Gasteiger partial charge >= 0.3 is 0 Å². The van der Waals surface area contributed by atoms with Crippen molar-refractivity contribution in [2.24, 2.45) is 0 Å². The molecule has 0 unspecified atom stereocenters. The third kappa shape index (κ3) is 4.28. The number of nitrogens with zero attached hydrogens (tertiary/aromatic N) is 2. The number of hydrogen-bond donors (Lipinski definition) is 0. The molecule has 0 aromatic heterocycles. The first kappa shape index (κ1) is 12.6. The molecule has 0 radical (unpaired) electrons. The van der Waals surface area contributed by atoms with Crippen LogP contribution in [0.25, 0.3) is 0 Å². The Hall–Kier alpha value is -0.450. The molecule has 0 atom stereocenters. The van der Waals surface area contributed by atoms with Gasteiger partial charge in [-0.15, -0.1) is 0 Å². The summed E-state index contributed by atoms with van der Waals surface area (Å²) < 4.78 is 4.82. The maximum absolute atomic E-state index is 11.3. The number of Topliss-reactive ketones (excluding diaryl/α,β-unsaturated/α-hetero) is 1. The van der Waals surface area contributed by atoms with Gasteiger partial charge in [-0.3, -0.25) is 9.69 Å². The Balaban J connectivity index is 2.22. The van der Waals surface area contributed by atoms with Gasteiger partial charge in [0.2, 0.25) is 0 Å². The monoisotopic (exact) mass is 214 g/mol. The molecular weight excluding hydrogens is 192 g/mol. The van der Waals surface area contributed by atoms with Crippen LogP contribution in [0.15, 0.2) is 0 Å². The van der Waals surface area contributed by atoms with Crippen LogP contribution in [-0.2, 0) is 9.53 Å². The van der Waals surface area contributed by atoms with E-state index in [9.17, 15) is 4.79 Å². The Morgan fingerprint density at radius 1 is 1.40 bits per heavy atom. The van der Waals surface area contributed by atoms with Gasteiger partial charge in [0.25, 0.3) is 0 Å². The van der Waals surface area contributed by atoms with Gasteiger partial charge < -0.3 is 9.64 Å². The SMILES string of the molecule is COCC(=O)CN1CCC(N(C)C)CC1. The molecule has 1 fully saturated rings. The fraction of sp³-hybridized carbons (Fsp3) is 0.909. The molecule has 0 N–H and O–H groups in total. The normalized spacial score (nSPS) is 19.7. The average molecular weight is 214 g/mol. The highest BCUT2D eigenvalue weighted by molar-refractivity contribution is 5.81. The van der Waals surface area contributed by atoms with Crippen LogP contribution in [0.5, 0.6) is 0 Å². The van der Waals surface area contributed by atoms with Crippen molar-refractivity contribution in [1.29, 1.82) is 0 Å². The van der Waals surface area contributed by atoms with Crippen LogP contribution in [0.1, 0.15) is 12.8 Å². The molecule has 0 amide bonds. The number of piperidine rings is 1. The van der Waals surface area contributed by atoms with E-state index in [2.05, 4.69) is 23.9 Å². The quantitative estimate of drug-likeness (QED) is 0.656. The molecular formula is C11H22N2O2. The van der Waals surface area contributed by atoms with Crippen LogP contribution in [0, 0.1) is 0 Å². The Labute approximate surface area is 92.2 Å². The molecule has 88 valence electrons. The molecule has 0 aromatic rings. The first-order chi connectivity index (χ1) is 7.13. The Morgan fingerprint density at radius 3 is 2.47 bits per heavy atom. The number of carbonyl (C=O) groups is 1. The summed E-state index contributed by atoms with van der Waals surface area (Å²) in [5.41, 5.74) is 0. The third-order valence-electron chi connectivity index (χ3n) is 2.99. The maximum Gasteiger partial charge on any atom is 0.172 e. The second-order valence-corrected chi connectivity index (χ2v) is 4.44. The van der Waals surface area contributed by atoms with Gasteiger partial charge in [0.05, 0.1) is 6.54 Å². The lowest BCUT2D eigenvalue weighted by Crippen LogP contribution is -2.44. The largest absolute Gasteiger partial charge is 0.377 e. The van der Waals surface area contributed by atoms with Gasteiger partial charge in [0, 0.05) is 26.2 Å². The Morgan fingerprint density at radius 2 is 2.00 bits per heavy atom. The molecule has 15 heavy (non-hydrogen) atoms. The molecule has 0 bridgehead atoms. The van der Waals surface area contributed by atoms with Crippen LogP contribution in [0.4, 0.5) is 0 Å². The molecule has 1 aliphatic rings. The minimum atomic E-state index is 0.181. The van der Waals surface area contributed by atoms with Crippen molar-refractivity contribution >= 4 is 5.78 Å². The summed E-state index contributed by atoms with van der Waals surface area (Å²) >= 11 is 0. The second-order valence-electron chi connectivity index (χ2n) is 4.44. The predicted molar refractivity (Wildman–Crippen MR) is 60.0 cm³/mol. The van der Waals surface area contributed by atoms with E-state index in [0.717, 1.165) is 25.9 Å². The zero-order valence-electron chi connectivity index (χ0n) is 10.0. The van der Waals surface area contributed by atoms with Crippen molar-refractivity contribution in [2.75, 3.05) is 47.4 Å². The fourth-order valence-corrected chi connectivity index (χ4v) is 2.05. The zero-order valence-corrected chi connectivity index (χ0v) is 10.0. The predicted octanol–water partition coefficient (Wildman–Crippen LogP) is 0.228. The van der Waals surface area contributed by atoms with E-state index < -0.39 is 0 Å². The molecule has 0 spiro atoms. The van der Waals surface area contributed by atoms with Gasteiger partial charge in [0.1, 0.15) is 6.61 Å². The van der Waals surface area contributed by atoms with Crippen molar-refractivity contribution in [2.45, 2.75) is 18.9 Å². The van der Waals surface area contributed by atoms with Gasteiger partial charge in [0.15, 0.2) is 5.78 Å². The first-order valence-corrected chi connectivity index (χ1v) is 5.53. The van der Waals surface area contributed by atoms with E-state index in [0.29, 0.717) is 12.6 Å². The number of hydrogen-bond acceptors (Lipinski definition) is 4. The van der Waals surface area contributed by atoms with Gasteiger partial charge in [-0.1, -0.05) is 0 Å². The van der Waals surface area contributed by atoms with Crippen molar-refractivity contribution in [1.82, 2.24) is 9.80 Å². The van der Waals surface area contributed by atoms with E-state index in [-0.39, 0.29) is 12.4 Å². The summed E-state index contributed by atoms with van der Waals surface area (Å²) in [6.07, 6.45) is 2.32. The number of carbonyl (C=O) groups excluding carboxylic acids is 1. The molecule has 0 saturated carbocycles. The lowest BCUT2D eigenvalue weighted by Gasteiger charge is -2.34. The Kier molecular flexibility index (Phi) is 5.22. The Bertz CT molecular complexity index is 199. The van der Waals surface area contributed by atoms with E-state index in [1.54, 1.807) is 7.11 Å². The van der Waals surface area contributed by atoms with Crippen molar-refractivity contribution in [3.63, 3.8) is 0 Å². The summed E-state index contributed by atoms with van der Waals surface area (Å²) in [5.74, 6) is 0.181. The third-order valence-corrected chi connectivity index (χ3v) is 2.99. The van der Waals surface area contributed by atoms with Gasteiger partial charge in [-0.25, -0.2) is 0 Å². The highest BCUT2D eigenvalue weighted by atomic mass is 16.5. The summed E-state index contributed by atoms with van der Waals surface area (Å²) in [6, 6.07) is 0.679.